The minimum absolute atomic E-state index is 0.116. The molecular weight excluding hydrogens is 298 g/mol. The zero-order valence-corrected chi connectivity index (χ0v) is 14.5. The van der Waals surface area contributed by atoms with Crippen LogP contribution >= 0.6 is 0 Å². The van der Waals surface area contributed by atoms with Gasteiger partial charge in [-0.05, 0) is 35.4 Å². The molecule has 2 heterocycles. The summed E-state index contributed by atoms with van der Waals surface area (Å²) in [5.41, 5.74) is 3.20. The Morgan fingerprint density at radius 3 is 2.79 bits per heavy atom. The van der Waals surface area contributed by atoms with Crippen molar-refractivity contribution in [1.82, 2.24) is 0 Å². The number of nitrogens with zero attached hydrogens (tertiary/aromatic N) is 1. The van der Waals surface area contributed by atoms with Crippen molar-refractivity contribution >= 4 is 11.8 Å². The molecule has 2 aromatic carbocycles. The first kappa shape index (κ1) is 15.3. The first-order valence-electron chi connectivity index (χ1n) is 8.43. The van der Waals surface area contributed by atoms with Crippen molar-refractivity contribution in [2.45, 2.75) is 25.0 Å². The van der Waals surface area contributed by atoms with Crippen molar-refractivity contribution in [1.29, 1.82) is 0 Å². The molecule has 0 bridgehead atoms. The molecule has 1 atom stereocenters. The summed E-state index contributed by atoms with van der Waals surface area (Å²) in [6, 6.07) is 16.7. The quantitative estimate of drug-likeness (QED) is 0.844. The number of anilines is 1. The smallest absolute Gasteiger partial charge is 0.170 e. The number of ether oxygens (including phenoxy) is 2. The highest BCUT2D eigenvalue weighted by molar-refractivity contribution is 5.69. The summed E-state index contributed by atoms with van der Waals surface area (Å²) in [6.45, 7) is 6.21. The van der Waals surface area contributed by atoms with E-state index in [1.54, 1.807) is 7.11 Å². The molecule has 2 aliphatic heterocycles. The van der Waals surface area contributed by atoms with Crippen LogP contribution in [0.15, 0.2) is 54.6 Å². The minimum Gasteiger partial charge on any atom is -0.497 e. The highest BCUT2D eigenvalue weighted by Crippen LogP contribution is 2.54. The van der Waals surface area contributed by atoms with E-state index < -0.39 is 5.72 Å². The lowest BCUT2D eigenvalue weighted by Gasteiger charge is -2.39. The molecular formula is C21H23NO2. The molecule has 0 spiro atoms. The average molecular weight is 321 g/mol. The topological polar surface area (TPSA) is 21.7 Å². The number of para-hydroxylation sites is 1. The van der Waals surface area contributed by atoms with E-state index >= 15 is 0 Å². The molecule has 1 saturated heterocycles. The molecule has 0 amide bonds. The van der Waals surface area contributed by atoms with E-state index in [1.807, 2.05) is 18.2 Å². The predicted molar refractivity (Wildman–Crippen MR) is 97.5 cm³/mol. The van der Waals surface area contributed by atoms with Gasteiger partial charge in [0.2, 0.25) is 0 Å². The largest absolute Gasteiger partial charge is 0.497 e. The van der Waals surface area contributed by atoms with Gasteiger partial charge in [0, 0.05) is 17.6 Å². The summed E-state index contributed by atoms with van der Waals surface area (Å²) in [6.07, 6.45) is 4.36. The van der Waals surface area contributed by atoms with Crippen LogP contribution in [-0.2, 0) is 10.2 Å². The molecule has 0 aliphatic carbocycles. The lowest BCUT2D eigenvalue weighted by atomic mass is 9.77. The molecule has 3 heteroatoms. The van der Waals surface area contributed by atoms with E-state index in [2.05, 4.69) is 61.2 Å². The van der Waals surface area contributed by atoms with Crippen molar-refractivity contribution in [3.05, 3.63) is 65.7 Å². The number of hydrogen-bond donors (Lipinski definition) is 0. The maximum atomic E-state index is 6.35. The SMILES string of the molecule is COc1cccc(/C=C/C23OCCN2c2ccccc2C3(C)C)c1. The summed E-state index contributed by atoms with van der Waals surface area (Å²) in [5.74, 6) is 0.868. The summed E-state index contributed by atoms with van der Waals surface area (Å²) in [4.78, 5) is 2.40. The molecule has 1 fully saturated rings. The van der Waals surface area contributed by atoms with Crippen molar-refractivity contribution in [2.75, 3.05) is 25.2 Å². The van der Waals surface area contributed by atoms with Crippen molar-refractivity contribution < 1.29 is 9.47 Å². The fourth-order valence-electron chi connectivity index (χ4n) is 4.09. The molecule has 0 N–H and O–H groups in total. The number of methoxy groups -OCH3 is 1. The van der Waals surface area contributed by atoms with Crippen LogP contribution in [0.2, 0.25) is 0 Å². The number of rotatable bonds is 3. The van der Waals surface area contributed by atoms with Crippen LogP contribution in [0.5, 0.6) is 5.75 Å². The Labute approximate surface area is 143 Å². The molecule has 24 heavy (non-hydrogen) atoms. The number of fused-ring (bicyclic) bond motifs is 3. The van der Waals surface area contributed by atoms with Gasteiger partial charge in [-0.3, -0.25) is 0 Å². The zero-order chi connectivity index (χ0) is 16.8. The van der Waals surface area contributed by atoms with E-state index in [1.165, 1.54) is 11.3 Å². The first-order valence-corrected chi connectivity index (χ1v) is 8.43. The summed E-state index contributed by atoms with van der Waals surface area (Å²) in [7, 11) is 1.69. The van der Waals surface area contributed by atoms with Crippen LogP contribution in [0.25, 0.3) is 6.08 Å². The molecule has 3 nitrogen and oxygen atoms in total. The highest BCUT2D eigenvalue weighted by atomic mass is 16.5. The van der Waals surface area contributed by atoms with Crippen LogP contribution in [0, 0.1) is 0 Å². The maximum Gasteiger partial charge on any atom is 0.170 e. The molecule has 1 unspecified atom stereocenters. The standard InChI is InChI=1S/C21H23NO2/c1-20(2)18-9-4-5-10-19(18)22-13-14-24-21(20,22)12-11-16-7-6-8-17(15-16)23-3/h4-12,15H,13-14H2,1-3H3/b12-11+. The molecule has 2 aliphatic rings. The Morgan fingerprint density at radius 1 is 1.12 bits per heavy atom. The summed E-state index contributed by atoms with van der Waals surface area (Å²) < 4.78 is 11.7. The van der Waals surface area contributed by atoms with Crippen molar-refractivity contribution in [3.63, 3.8) is 0 Å². The monoisotopic (exact) mass is 321 g/mol. The zero-order valence-electron chi connectivity index (χ0n) is 14.5. The van der Waals surface area contributed by atoms with Gasteiger partial charge in [0.1, 0.15) is 5.75 Å². The molecule has 124 valence electrons. The highest BCUT2D eigenvalue weighted by Gasteiger charge is 2.58. The third-order valence-corrected chi connectivity index (χ3v) is 5.40. The van der Waals surface area contributed by atoms with E-state index in [9.17, 15) is 0 Å². The Balaban J connectivity index is 1.77. The Hall–Kier alpha value is -2.26. The maximum absolute atomic E-state index is 6.35. The molecule has 0 aromatic heterocycles. The average Bonchev–Trinajstić information content (AvgIpc) is 3.12. The van der Waals surface area contributed by atoms with Gasteiger partial charge in [0.25, 0.3) is 0 Å². The van der Waals surface area contributed by atoms with E-state index in [0.29, 0.717) is 0 Å². The predicted octanol–water partition coefficient (Wildman–Crippen LogP) is 4.23. The fourth-order valence-corrected chi connectivity index (χ4v) is 4.09. The van der Waals surface area contributed by atoms with Gasteiger partial charge < -0.3 is 14.4 Å². The second kappa shape index (κ2) is 5.38. The van der Waals surface area contributed by atoms with Crippen molar-refractivity contribution in [3.8, 4) is 5.75 Å². The van der Waals surface area contributed by atoms with Crippen molar-refractivity contribution in [2.24, 2.45) is 0 Å². The van der Waals surface area contributed by atoms with E-state index in [4.69, 9.17) is 9.47 Å². The second-order valence-electron chi connectivity index (χ2n) is 6.95. The number of benzene rings is 2. The Morgan fingerprint density at radius 2 is 1.96 bits per heavy atom. The Kier molecular flexibility index (Phi) is 3.43. The Bertz CT molecular complexity index is 796. The van der Waals surface area contributed by atoms with Gasteiger partial charge in [-0.1, -0.05) is 50.3 Å². The van der Waals surface area contributed by atoms with E-state index in [0.717, 1.165) is 24.5 Å². The summed E-state index contributed by atoms with van der Waals surface area (Å²) in [5, 5.41) is 0. The molecule has 4 rings (SSSR count). The van der Waals surface area contributed by atoms with E-state index in [-0.39, 0.29) is 5.41 Å². The third kappa shape index (κ3) is 2.01. The van der Waals surface area contributed by atoms with Crippen LogP contribution < -0.4 is 9.64 Å². The normalized spacial score (nSPS) is 24.2. The van der Waals surface area contributed by atoms with Gasteiger partial charge in [0.15, 0.2) is 5.72 Å². The van der Waals surface area contributed by atoms with Gasteiger partial charge in [-0.2, -0.15) is 0 Å². The van der Waals surface area contributed by atoms with Crippen LogP contribution in [0.3, 0.4) is 0 Å². The fraction of sp³-hybridized carbons (Fsp3) is 0.333. The lowest BCUT2D eigenvalue weighted by Crippen LogP contribution is -2.51. The molecule has 0 radical (unpaired) electrons. The second-order valence-corrected chi connectivity index (χ2v) is 6.95. The van der Waals surface area contributed by atoms with Gasteiger partial charge in [-0.15, -0.1) is 0 Å². The molecule has 2 aromatic rings. The molecule has 0 saturated carbocycles. The first-order chi connectivity index (χ1) is 11.6. The van der Waals surface area contributed by atoms with Crippen LogP contribution in [-0.4, -0.2) is 26.0 Å². The van der Waals surface area contributed by atoms with Gasteiger partial charge >= 0.3 is 0 Å². The van der Waals surface area contributed by atoms with Crippen LogP contribution in [0.4, 0.5) is 5.69 Å². The lowest BCUT2D eigenvalue weighted by molar-refractivity contribution is 0.000336. The third-order valence-electron chi connectivity index (χ3n) is 5.40. The minimum atomic E-state index is -0.431. The van der Waals surface area contributed by atoms with Gasteiger partial charge in [0.05, 0.1) is 13.7 Å². The number of hydrogen-bond acceptors (Lipinski definition) is 3. The summed E-state index contributed by atoms with van der Waals surface area (Å²) >= 11 is 0. The van der Waals surface area contributed by atoms with Crippen LogP contribution in [0.1, 0.15) is 25.0 Å². The van der Waals surface area contributed by atoms with Gasteiger partial charge in [-0.25, -0.2) is 0 Å².